The number of hydrogen-bond donors (Lipinski definition) is 1. The van der Waals surface area contributed by atoms with Crippen LogP contribution in [0, 0.1) is 6.92 Å². The number of hydrogen-bond acceptors (Lipinski definition) is 4. The molecular formula is C10H15ClN4. The predicted octanol–water partition coefficient (Wildman–Crippen LogP) is 1.24. The molecule has 1 saturated heterocycles. The topological polar surface area (TPSA) is 41.0 Å². The highest BCUT2D eigenvalue weighted by Gasteiger charge is 2.19. The molecule has 0 aromatic carbocycles. The summed E-state index contributed by atoms with van der Waals surface area (Å²) < 4.78 is 0. The molecule has 1 N–H and O–H groups in total. The quantitative estimate of drug-likeness (QED) is 0.732. The number of aromatic nitrogens is 2. The number of anilines is 1. The Bertz CT molecular complexity index is 335. The van der Waals surface area contributed by atoms with Gasteiger partial charge in [-0.25, -0.2) is 9.97 Å². The minimum Gasteiger partial charge on any atom is -0.351 e. The van der Waals surface area contributed by atoms with Crippen LogP contribution in [-0.4, -0.2) is 35.6 Å². The van der Waals surface area contributed by atoms with Crippen LogP contribution in [0.5, 0.6) is 0 Å². The van der Waals surface area contributed by atoms with E-state index in [4.69, 9.17) is 11.6 Å². The SMILES string of the molecule is Cc1cc(N2CCNCC2C)nc(Cl)n1. The van der Waals surface area contributed by atoms with Crippen molar-refractivity contribution in [1.82, 2.24) is 15.3 Å². The molecule has 5 heteroatoms. The summed E-state index contributed by atoms with van der Waals surface area (Å²) in [5.74, 6) is 0.932. The van der Waals surface area contributed by atoms with Crippen LogP contribution in [-0.2, 0) is 0 Å². The fourth-order valence-corrected chi connectivity index (χ4v) is 2.06. The number of nitrogens with zero attached hydrogens (tertiary/aromatic N) is 3. The Morgan fingerprint density at radius 3 is 3.00 bits per heavy atom. The molecule has 1 aromatic rings. The number of aryl methyl sites for hydroxylation is 1. The molecule has 1 atom stereocenters. The van der Waals surface area contributed by atoms with Gasteiger partial charge in [0.05, 0.1) is 0 Å². The molecule has 2 heterocycles. The van der Waals surface area contributed by atoms with Crippen molar-refractivity contribution >= 4 is 17.4 Å². The van der Waals surface area contributed by atoms with E-state index in [-0.39, 0.29) is 0 Å². The van der Waals surface area contributed by atoms with Crippen LogP contribution in [0.2, 0.25) is 5.28 Å². The van der Waals surface area contributed by atoms with E-state index in [1.165, 1.54) is 0 Å². The molecule has 0 spiro atoms. The average Bonchev–Trinajstić information content (AvgIpc) is 2.16. The first-order valence-corrected chi connectivity index (χ1v) is 5.53. The largest absolute Gasteiger partial charge is 0.351 e. The van der Waals surface area contributed by atoms with Gasteiger partial charge in [-0.05, 0) is 25.4 Å². The first-order valence-electron chi connectivity index (χ1n) is 5.15. The molecule has 1 unspecified atom stereocenters. The van der Waals surface area contributed by atoms with Gasteiger partial charge in [0, 0.05) is 37.4 Å². The van der Waals surface area contributed by atoms with Crippen LogP contribution < -0.4 is 10.2 Å². The van der Waals surface area contributed by atoms with Crippen molar-refractivity contribution in [3.05, 3.63) is 17.0 Å². The highest BCUT2D eigenvalue weighted by atomic mass is 35.5. The first-order chi connectivity index (χ1) is 7.16. The zero-order valence-electron chi connectivity index (χ0n) is 9.00. The highest BCUT2D eigenvalue weighted by Crippen LogP contribution is 2.18. The lowest BCUT2D eigenvalue weighted by molar-refractivity contribution is 0.497. The van der Waals surface area contributed by atoms with E-state index < -0.39 is 0 Å². The van der Waals surface area contributed by atoms with Crippen molar-refractivity contribution in [2.45, 2.75) is 19.9 Å². The van der Waals surface area contributed by atoms with Gasteiger partial charge in [0.2, 0.25) is 5.28 Å². The fraction of sp³-hybridized carbons (Fsp3) is 0.600. The Hall–Kier alpha value is -0.870. The van der Waals surface area contributed by atoms with E-state index in [1.54, 1.807) is 0 Å². The standard InChI is InChI=1S/C10H15ClN4/c1-7-5-9(14-10(11)13-7)15-4-3-12-6-8(15)2/h5,8,12H,3-4,6H2,1-2H3. The molecule has 15 heavy (non-hydrogen) atoms. The number of halogens is 1. The van der Waals surface area contributed by atoms with Gasteiger partial charge < -0.3 is 10.2 Å². The zero-order valence-corrected chi connectivity index (χ0v) is 9.75. The third-order valence-electron chi connectivity index (χ3n) is 2.61. The molecule has 2 rings (SSSR count). The molecule has 0 radical (unpaired) electrons. The lowest BCUT2D eigenvalue weighted by Crippen LogP contribution is -2.50. The fourth-order valence-electron chi connectivity index (χ4n) is 1.84. The second-order valence-electron chi connectivity index (χ2n) is 3.88. The van der Waals surface area contributed by atoms with Crippen molar-refractivity contribution in [3.8, 4) is 0 Å². The molecule has 1 aliphatic rings. The Kier molecular flexibility index (Phi) is 3.07. The summed E-state index contributed by atoms with van der Waals surface area (Å²) in [7, 11) is 0. The van der Waals surface area contributed by atoms with Crippen LogP contribution in [0.25, 0.3) is 0 Å². The molecule has 1 aliphatic heterocycles. The summed E-state index contributed by atoms with van der Waals surface area (Å²) in [6, 6.07) is 2.43. The molecule has 0 amide bonds. The molecule has 0 saturated carbocycles. The van der Waals surface area contributed by atoms with E-state index in [2.05, 4.69) is 27.1 Å². The lowest BCUT2D eigenvalue weighted by atomic mass is 10.2. The van der Waals surface area contributed by atoms with E-state index in [0.717, 1.165) is 31.1 Å². The summed E-state index contributed by atoms with van der Waals surface area (Å²) in [5, 5.41) is 3.67. The average molecular weight is 227 g/mol. The van der Waals surface area contributed by atoms with Gasteiger partial charge in [0.15, 0.2) is 0 Å². The molecule has 0 aliphatic carbocycles. The first kappa shape index (κ1) is 10.6. The van der Waals surface area contributed by atoms with E-state index in [0.29, 0.717) is 11.3 Å². The Balaban J connectivity index is 2.27. The summed E-state index contributed by atoms with van der Waals surface area (Å²) in [5.41, 5.74) is 0.913. The van der Waals surface area contributed by atoms with Gasteiger partial charge in [-0.2, -0.15) is 0 Å². The third-order valence-corrected chi connectivity index (χ3v) is 2.78. The lowest BCUT2D eigenvalue weighted by Gasteiger charge is -2.34. The Morgan fingerprint density at radius 1 is 1.53 bits per heavy atom. The molecule has 4 nitrogen and oxygen atoms in total. The van der Waals surface area contributed by atoms with Crippen molar-refractivity contribution in [2.75, 3.05) is 24.5 Å². The monoisotopic (exact) mass is 226 g/mol. The van der Waals surface area contributed by atoms with Crippen molar-refractivity contribution in [2.24, 2.45) is 0 Å². The van der Waals surface area contributed by atoms with Crippen molar-refractivity contribution in [1.29, 1.82) is 0 Å². The molecular weight excluding hydrogens is 212 g/mol. The maximum absolute atomic E-state index is 5.85. The van der Waals surface area contributed by atoms with E-state index in [1.807, 2.05) is 13.0 Å². The molecule has 82 valence electrons. The van der Waals surface area contributed by atoms with Crippen LogP contribution in [0.15, 0.2) is 6.07 Å². The summed E-state index contributed by atoms with van der Waals surface area (Å²) in [6.45, 7) is 7.06. The number of piperazine rings is 1. The molecule has 1 aromatic heterocycles. The number of rotatable bonds is 1. The van der Waals surface area contributed by atoms with E-state index >= 15 is 0 Å². The van der Waals surface area contributed by atoms with Gasteiger partial charge in [0.25, 0.3) is 0 Å². The zero-order chi connectivity index (χ0) is 10.8. The maximum atomic E-state index is 5.85. The predicted molar refractivity (Wildman–Crippen MR) is 61.5 cm³/mol. The summed E-state index contributed by atoms with van der Waals surface area (Å²) in [6.07, 6.45) is 0. The van der Waals surface area contributed by atoms with Gasteiger partial charge >= 0.3 is 0 Å². The Morgan fingerprint density at radius 2 is 2.33 bits per heavy atom. The van der Waals surface area contributed by atoms with Crippen molar-refractivity contribution < 1.29 is 0 Å². The normalized spacial score (nSPS) is 21.8. The van der Waals surface area contributed by atoms with Crippen LogP contribution in [0.1, 0.15) is 12.6 Å². The minimum atomic E-state index is 0.329. The van der Waals surface area contributed by atoms with Crippen molar-refractivity contribution in [3.63, 3.8) is 0 Å². The van der Waals surface area contributed by atoms with Gasteiger partial charge in [-0.1, -0.05) is 0 Å². The molecule has 0 bridgehead atoms. The van der Waals surface area contributed by atoms with Crippen LogP contribution in [0.3, 0.4) is 0 Å². The third kappa shape index (κ3) is 2.38. The smallest absolute Gasteiger partial charge is 0.224 e. The second kappa shape index (κ2) is 4.33. The molecule has 1 fully saturated rings. The van der Waals surface area contributed by atoms with Crippen LogP contribution in [0.4, 0.5) is 5.82 Å². The highest BCUT2D eigenvalue weighted by molar-refractivity contribution is 6.28. The number of nitrogens with one attached hydrogen (secondary N) is 1. The van der Waals surface area contributed by atoms with Crippen LogP contribution >= 0.6 is 11.6 Å². The van der Waals surface area contributed by atoms with Gasteiger partial charge in [-0.3, -0.25) is 0 Å². The summed E-state index contributed by atoms with van der Waals surface area (Å²) in [4.78, 5) is 10.6. The van der Waals surface area contributed by atoms with Gasteiger partial charge in [0.1, 0.15) is 5.82 Å². The van der Waals surface area contributed by atoms with E-state index in [9.17, 15) is 0 Å². The second-order valence-corrected chi connectivity index (χ2v) is 4.22. The minimum absolute atomic E-state index is 0.329. The summed E-state index contributed by atoms with van der Waals surface area (Å²) >= 11 is 5.85. The Labute approximate surface area is 94.7 Å². The maximum Gasteiger partial charge on any atom is 0.224 e. The van der Waals surface area contributed by atoms with Gasteiger partial charge in [-0.15, -0.1) is 0 Å².